The molecule has 0 unspecified atom stereocenters. The first-order chi connectivity index (χ1) is 9.78. The lowest BCUT2D eigenvalue weighted by molar-refractivity contribution is 0.321. The van der Waals surface area contributed by atoms with Gasteiger partial charge in [0.2, 0.25) is 5.75 Å². The van der Waals surface area contributed by atoms with Gasteiger partial charge in [-0.2, -0.15) is 0 Å². The van der Waals surface area contributed by atoms with Crippen LogP contribution in [0.4, 0.5) is 0 Å². The molecule has 20 heavy (non-hydrogen) atoms. The van der Waals surface area contributed by atoms with Crippen LogP contribution in [0.3, 0.4) is 0 Å². The zero-order valence-corrected chi connectivity index (χ0v) is 12.9. The number of methoxy groups -OCH3 is 3. The molecular formula is C15H26N2O3. The average Bonchev–Trinajstić information content (AvgIpc) is 2.49. The summed E-state index contributed by atoms with van der Waals surface area (Å²) in [7, 11) is 4.88. The molecule has 0 aliphatic carbocycles. The lowest BCUT2D eigenvalue weighted by Gasteiger charge is -2.16. The Kier molecular flexibility index (Phi) is 7.84. The molecule has 0 aliphatic heterocycles. The molecule has 0 radical (unpaired) electrons. The summed E-state index contributed by atoms with van der Waals surface area (Å²) in [5.41, 5.74) is 1.06. The number of rotatable bonds is 10. The molecule has 1 rings (SSSR count). The minimum Gasteiger partial charge on any atom is -0.493 e. The first-order valence-corrected chi connectivity index (χ1v) is 6.97. The molecule has 5 heteroatoms. The van der Waals surface area contributed by atoms with E-state index in [0.29, 0.717) is 11.5 Å². The molecular weight excluding hydrogens is 256 g/mol. The first-order valence-electron chi connectivity index (χ1n) is 6.97. The maximum absolute atomic E-state index is 5.45. The molecule has 0 heterocycles. The Morgan fingerprint density at radius 2 is 1.60 bits per heavy atom. The molecule has 0 bridgehead atoms. The molecule has 0 aromatic heterocycles. The molecule has 1 aromatic rings. The van der Waals surface area contributed by atoms with E-state index in [1.54, 1.807) is 21.3 Å². The van der Waals surface area contributed by atoms with Crippen molar-refractivity contribution in [3.8, 4) is 17.2 Å². The van der Waals surface area contributed by atoms with Crippen LogP contribution in [-0.4, -0.2) is 41.0 Å². The minimum absolute atomic E-state index is 0.641. The fourth-order valence-electron chi connectivity index (χ4n) is 2.04. The predicted molar refractivity (Wildman–Crippen MR) is 81.0 cm³/mol. The number of benzene rings is 1. The minimum atomic E-state index is 0.641. The van der Waals surface area contributed by atoms with Crippen LogP contribution in [0.2, 0.25) is 0 Å². The third-order valence-electron chi connectivity index (χ3n) is 3.06. The summed E-state index contributed by atoms with van der Waals surface area (Å²) < 4.78 is 16.1. The first kappa shape index (κ1) is 16.6. The Hall–Kier alpha value is -1.46. The van der Waals surface area contributed by atoms with E-state index in [0.717, 1.165) is 43.9 Å². The van der Waals surface area contributed by atoms with Gasteiger partial charge < -0.3 is 24.8 Å². The van der Waals surface area contributed by atoms with E-state index < -0.39 is 0 Å². The standard InChI is InChI=1S/C15H26N2O3/c1-5-16-9-6-10-17-11-12-7-8-13(18-2)15(20-4)14(12)19-3/h7-8,16-17H,5-6,9-11H2,1-4H3. The van der Waals surface area contributed by atoms with Crippen LogP contribution >= 0.6 is 0 Å². The summed E-state index contributed by atoms with van der Waals surface area (Å²) in [4.78, 5) is 0. The van der Waals surface area contributed by atoms with Crippen molar-refractivity contribution in [3.63, 3.8) is 0 Å². The lowest BCUT2D eigenvalue weighted by Crippen LogP contribution is -2.21. The monoisotopic (exact) mass is 282 g/mol. The van der Waals surface area contributed by atoms with Crippen LogP contribution in [0.1, 0.15) is 18.9 Å². The van der Waals surface area contributed by atoms with E-state index in [4.69, 9.17) is 14.2 Å². The second-order valence-electron chi connectivity index (χ2n) is 4.38. The normalized spacial score (nSPS) is 10.4. The van der Waals surface area contributed by atoms with Crippen molar-refractivity contribution in [2.24, 2.45) is 0 Å². The molecule has 0 saturated heterocycles. The molecule has 0 atom stereocenters. The zero-order chi connectivity index (χ0) is 14.8. The maximum atomic E-state index is 5.45. The fourth-order valence-corrected chi connectivity index (χ4v) is 2.04. The molecule has 0 saturated carbocycles. The fraction of sp³-hybridized carbons (Fsp3) is 0.600. The van der Waals surface area contributed by atoms with Gasteiger partial charge in [0.1, 0.15) is 0 Å². The Balaban J connectivity index is 2.61. The number of ether oxygens (including phenoxy) is 3. The number of nitrogens with one attached hydrogen (secondary N) is 2. The average molecular weight is 282 g/mol. The highest BCUT2D eigenvalue weighted by molar-refractivity contribution is 5.55. The van der Waals surface area contributed by atoms with Crippen LogP contribution in [0.15, 0.2) is 12.1 Å². The summed E-state index contributed by atoms with van der Waals surface area (Å²) in [5.74, 6) is 2.05. The Morgan fingerprint density at radius 3 is 2.20 bits per heavy atom. The van der Waals surface area contributed by atoms with Gasteiger partial charge in [0.15, 0.2) is 11.5 Å². The molecule has 0 spiro atoms. The van der Waals surface area contributed by atoms with E-state index in [9.17, 15) is 0 Å². The maximum Gasteiger partial charge on any atom is 0.203 e. The lowest BCUT2D eigenvalue weighted by atomic mass is 10.1. The summed E-state index contributed by atoms with van der Waals surface area (Å²) in [6.45, 7) is 5.87. The third kappa shape index (κ3) is 4.58. The van der Waals surface area contributed by atoms with E-state index >= 15 is 0 Å². The quantitative estimate of drug-likeness (QED) is 0.641. The van der Waals surface area contributed by atoms with Gasteiger partial charge in [0.05, 0.1) is 21.3 Å². The van der Waals surface area contributed by atoms with Crippen molar-refractivity contribution >= 4 is 0 Å². The Bertz CT molecular complexity index is 397. The molecule has 2 N–H and O–H groups in total. The smallest absolute Gasteiger partial charge is 0.203 e. The molecule has 1 aromatic carbocycles. The Morgan fingerprint density at radius 1 is 0.900 bits per heavy atom. The molecule has 0 aliphatic rings. The highest BCUT2D eigenvalue weighted by Crippen LogP contribution is 2.39. The van der Waals surface area contributed by atoms with Gasteiger partial charge in [-0.1, -0.05) is 13.0 Å². The van der Waals surface area contributed by atoms with Gasteiger partial charge in [-0.3, -0.25) is 0 Å². The summed E-state index contributed by atoms with van der Waals surface area (Å²) in [6, 6.07) is 3.90. The van der Waals surface area contributed by atoms with Crippen LogP contribution in [0, 0.1) is 0 Å². The van der Waals surface area contributed by atoms with E-state index in [-0.39, 0.29) is 0 Å². The van der Waals surface area contributed by atoms with Gasteiger partial charge in [0.25, 0.3) is 0 Å². The van der Waals surface area contributed by atoms with Crippen molar-refractivity contribution in [3.05, 3.63) is 17.7 Å². The SMILES string of the molecule is CCNCCCNCc1ccc(OC)c(OC)c1OC. The topological polar surface area (TPSA) is 51.8 Å². The van der Waals surface area contributed by atoms with Crippen LogP contribution in [0.25, 0.3) is 0 Å². The van der Waals surface area contributed by atoms with Gasteiger partial charge in [-0.05, 0) is 32.1 Å². The third-order valence-corrected chi connectivity index (χ3v) is 3.06. The zero-order valence-electron chi connectivity index (χ0n) is 12.9. The second-order valence-corrected chi connectivity index (χ2v) is 4.38. The van der Waals surface area contributed by atoms with Gasteiger partial charge in [0, 0.05) is 12.1 Å². The van der Waals surface area contributed by atoms with Crippen LogP contribution in [0.5, 0.6) is 17.2 Å². The Labute approximate surface area is 121 Å². The molecule has 5 nitrogen and oxygen atoms in total. The van der Waals surface area contributed by atoms with Crippen molar-refractivity contribution in [2.75, 3.05) is 41.0 Å². The number of hydrogen-bond donors (Lipinski definition) is 2. The van der Waals surface area contributed by atoms with Crippen molar-refractivity contribution < 1.29 is 14.2 Å². The summed E-state index contributed by atoms with van der Waals surface area (Å²) >= 11 is 0. The largest absolute Gasteiger partial charge is 0.493 e. The van der Waals surface area contributed by atoms with Crippen LogP contribution in [-0.2, 0) is 6.54 Å². The van der Waals surface area contributed by atoms with E-state index in [2.05, 4.69) is 17.6 Å². The van der Waals surface area contributed by atoms with Crippen molar-refractivity contribution in [1.82, 2.24) is 10.6 Å². The molecule has 0 amide bonds. The second kappa shape index (κ2) is 9.44. The highest BCUT2D eigenvalue weighted by Gasteiger charge is 2.15. The van der Waals surface area contributed by atoms with Crippen molar-refractivity contribution in [1.29, 1.82) is 0 Å². The van der Waals surface area contributed by atoms with Gasteiger partial charge in [-0.25, -0.2) is 0 Å². The summed E-state index contributed by atoms with van der Waals surface area (Å²) in [6.07, 6.45) is 1.10. The highest BCUT2D eigenvalue weighted by atomic mass is 16.5. The van der Waals surface area contributed by atoms with Gasteiger partial charge >= 0.3 is 0 Å². The molecule has 114 valence electrons. The molecule has 0 fully saturated rings. The summed E-state index contributed by atoms with van der Waals surface area (Å²) in [5, 5.41) is 6.71. The van der Waals surface area contributed by atoms with E-state index in [1.807, 2.05) is 12.1 Å². The van der Waals surface area contributed by atoms with Gasteiger partial charge in [-0.15, -0.1) is 0 Å². The van der Waals surface area contributed by atoms with E-state index in [1.165, 1.54) is 0 Å². The predicted octanol–water partition coefficient (Wildman–Crippen LogP) is 1.80. The van der Waals surface area contributed by atoms with Crippen molar-refractivity contribution in [2.45, 2.75) is 19.9 Å². The van der Waals surface area contributed by atoms with Crippen LogP contribution < -0.4 is 24.8 Å². The number of hydrogen-bond acceptors (Lipinski definition) is 5.